The first kappa shape index (κ1) is 29.4. The molecule has 9 nitrogen and oxygen atoms in total. The third kappa shape index (κ3) is 5.08. The van der Waals surface area contributed by atoms with Gasteiger partial charge in [0, 0.05) is 55.5 Å². The Hall–Kier alpha value is -4.71. The number of hydrogen-bond donors (Lipinski definition) is 2. The van der Waals surface area contributed by atoms with E-state index in [0.29, 0.717) is 46.1 Å². The van der Waals surface area contributed by atoms with E-state index in [1.54, 1.807) is 46.8 Å². The van der Waals surface area contributed by atoms with E-state index in [-0.39, 0.29) is 46.7 Å². The van der Waals surface area contributed by atoms with Gasteiger partial charge in [0.1, 0.15) is 28.7 Å². The number of nitrogens with one attached hydrogen (secondary N) is 2. The van der Waals surface area contributed by atoms with E-state index in [0.717, 1.165) is 0 Å². The maximum atomic E-state index is 14.4. The average molecular weight is 621 g/mol. The van der Waals surface area contributed by atoms with Crippen LogP contribution >= 0.6 is 0 Å². The summed E-state index contributed by atoms with van der Waals surface area (Å²) in [5.41, 5.74) is 2.80. The summed E-state index contributed by atoms with van der Waals surface area (Å²) < 4.78 is 64.0. The quantitative estimate of drug-likeness (QED) is 0.245. The van der Waals surface area contributed by atoms with Crippen molar-refractivity contribution >= 4 is 49.4 Å². The first-order valence-electron chi connectivity index (χ1n) is 14.1. The molecule has 1 aliphatic heterocycles. The highest BCUT2D eigenvalue weighted by molar-refractivity contribution is 7.92. The molecule has 0 saturated carbocycles. The van der Waals surface area contributed by atoms with E-state index in [1.807, 2.05) is 0 Å². The minimum atomic E-state index is -3.70. The van der Waals surface area contributed by atoms with E-state index >= 15 is 0 Å². The van der Waals surface area contributed by atoms with Gasteiger partial charge < -0.3 is 19.2 Å². The first-order chi connectivity index (χ1) is 21.0. The molecule has 2 N–H and O–H groups in total. The van der Waals surface area contributed by atoms with Gasteiger partial charge in [-0.25, -0.2) is 17.2 Å². The maximum absolute atomic E-state index is 14.4. The SMILES string of the molecule is CCS(=O)(=O)Nc1cc2oc(-c3ccc(F)cc3)c(C(=O)NC)c2cc1C1CCN(C(=O)c2cc3c(F)cccc3n2C)C1. The number of nitrogens with zero attached hydrogens (tertiary/aromatic N) is 2. The van der Waals surface area contributed by atoms with Crippen molar-refractivity contribution in [2.75, 3.05) is 30.6 Å². The van der Waals surface area contributed by atoms with Crippen LogP contribution < -0.4 is 10.0 Å². The van der Waals surface area contributed by atoms with Gasteiger partial charge in [-0.2, -0.15) is 0 Å². The van der Waals surface area contributed by atoms with Crippen molar-refractivity contribution < 1.29 is 31.2 Å². The van der Waals surface area contributed by atoms with Gasteiger partial charge >= 0.3 is 0 Å². The predicted octanol–water partition coefficient (Wildman–Crippen LogP) is 5.62. The lowest BCUT2D eigenvalue weighted by Crippen LogP contribution is -2.30. The monoisotopic (exact) mass is 620 g/mol. The Morgan fingerprint density at radius 3 is 2.48 bits per heavy atom. The maximum Gasteiger partial charge on any atom is 0.270 e. The molecule has 1 fully saturated rings. The van der Waals surface area contributed by atoms with Crippen LogP contribution in [0.3, 0.4) is 0 Å². The van der Waals surface area contributed by atoms with Crippen molar-refractivity contribution in [1.29, 1.82) is 0 Å². The standard InChI is InChI=1S/C32H30F2N4O5S/c1-4-44(41,42)36-25-16-28-23(29(31(39)35-2)30(43-28)18-8-10-20(33)11-9-18)14-21(25)19-12-13-38(17-19)32(40)27-15-22-24(34)6-5-7-26(22)37(27)3/h5-11,14-16,19,36H,4,12-13,17H2,1-3H3,(H,35,39). The zero-order chi connectivity index (χ0) is 31.3. The molecule has 1 atom stereocenters. The number of benzene rings is 3. The Balaban J connectivity index is 1.43. The molecule has 6 rings (SSSR count). The zero-order valence-electron chi connectivity index (χ0n) is 24.3. The summed E-state index contributed by atoms with van der Waals surface area (Å²) in [5, 5.41) is 3.43. The van der Waals surface area contributed by atoms with Crippen molar-refractivity contribution in [2.24, 2.45) is 7.05 Å². The fourth-order valence-corrected chi connectivity index (χ4v) is 6.53. The zero-order valence-corrected chi connectivity index (χ0v) is 25.1. The van der Waals surface area contributed by atoms with Gasteiger partial charge in [0.2, 0.25) is 10.0 Å². The summed E-state index contributed by atoms with van der Waals surface area (Å²) in [6, 6.07) is 15.0. The van der Waals surface area contributed by atoms with Crippen LogP contribution in [0.5, 0.6) is 0 Å². The third-order valence-electron chi connectivity index (χ3n) is 8.23. The van der Waals surface area contributed by atoms with E-state index in [9.17, 15) is 26.8 Å². The average Bonchev–Trinajstić information content (AvgIpc) is 3.73. The number of fused-ring (bicyclic) bond motifs is 2. The fourth-order valence-electron chi connectivity index (χ4n) is 5.87. The second kappa shape index (κ2) is 11.1. The van der Waals surface area contributed by atoms with Gasteiger partial charge in [0.15, 0.2) is 0 Å². The second-order valence-corrected chi connectivity index (χ2v) is 12.8. The lowest BCUT2D eigenvalue weighted by molar-refractivity contribution is 0.0781. The Bertz CT molecular complexity index is 2050. The molecule has 3 heterocycles. The molecule has 2 aromatic heterocycles. The number of carbonyl (C=O) groups is 2. The van der Waals surface area contributed by atoms with Crippen molar-refractivity contribution in [3.8, 4) is 11.3 Å². The van der Waals surface area contributed by atoms with Crippen LogP contribution in [0.1, 0.15) is 45.7 Å². The van der Waals surface area contributed by atoms with Crippen LogP contribution in [0.15, 0.2) is 65.1 Å². The number of hydrogen-bond acceptors (Lipinski definition) is 5. The molecule has 3 aromatic carbocycles. The Morgan fingerprint density at radius 1 is 1.05 bits per heavy atom. The van der Waals surface area contributed by atoms with E-state index in [2.05, 4.69) is 10.0 Å². The van der Waals surface area contributed by atoms with Gasteiger partial charge in [-0.3, -0.25) is 14.3 Å². The van der Waals surface area contributed by atoms with Crippen LogP contribution in [-0.4, -0.2) is 55.6 Å². The Kier molecular flexibility index (Phi) is 7.40. The van der Waals surface area contributed by atoms with Crippen LogP contribution in [0.25, 0.3) is 33.2 Å². The fraction of sp³-hybridized carbons (Fsp3) is 0.250. The molecule has 0 bridgehead atoms. The number of rotatable bonds is 7. The molecule has 5 aromatic rings. The lowest BCUT2D eigenvalue weighted by atomic mass is 9.94. The van der Waals surface area contributed by atoms with Crippen molar-refractivity contribution in [1.82, 2.24) is 14.8 Å². The molecule has 2 amide bonds. The van der Waals surface area contributed by atoms with Gasteiger partial charge in [-0.05, 0) is 67.4 Å². The highest BCUT2D eigenvalue weighted by Crippen LogP contribution is 2.41. The second-order valence-electron chi connectivity index (χ2n) is 10.8. The number of furan rings is 1. The van der Waals surface area contributed by atoms with Crippen molar-refractivity contribution in [2.45, 2.75) is 19.3 Å². The molecule has 0 spiro atoms. The number of anilines is 1. The highest BCUT2D eigenvalue weighted by atomic mass is 32.2. The van der Waals surface area contributed by atoms with Gasteiger partial charge in [0.05, 0.1) is 22.5 Å². The molecule has 0 aliphatic carbocycles. The minimum Gasteiger partial charge on any atom is -0.455 e. The van der Waals surface area contributed by atoms with Crippen LogP contribution in [-0.2, 0) is 17.1 Å². The normalized spacial score (nSPS) is 15.3. The number of aryl methyl sites for hydroxylation is 1. The molecule has 44 heavy (non-hydrogen) atoms. The molecule has 12 heteroatoms. The topological polar surface area (TPSA) is 114 Å². The molecular weight excluding hydrogens is 590 g/mol. The van der Waals surface area contributed by atoms with E-state index in [1.165, 1.54) is 44.3 Å². The third-order valence-corrected chi connectivity index (χ3v) is 9.53. The smallest absolute Gasteiger partial charge is 0.270 e. The summed E-state index contributed by atoms with van der Waals surface area (Å²) in [6.45, 7) is 2.18. The van der Waals surface area contributed by atoms with Crippen LogP contribution in [0, 0.1) is 11.6 Å². The summed E-state index contributed by atoms with van der Waals surface area (Å²) >= 11 is 0. The lowest BCUT2D eigenvalue weighted by Gasteiger charge is -2.19. The molecule has 1 aliphatic rings. The number of likely N-dealkylation sites (tertiary alicyclic amines) is 1. The summed E-state index contributed by atoms with van der Waals surface area (Å²) in [6.07, 6.45) is 0.522. The predicted molar refractivity (Wildman–Crippen MR) is 164 cm³/mol. The first-order valence-corrected chi connectivity index (χ1v) is 15.8. The Labute approximate surface area is 252 Å². The van der Waals surface area contributed by atoms with Crippen LogP contribution in [0.2, 0.25) is 0 Å². The molecular formula is C32H30F2N4O5S. The summed E-state index contributed by atoms with van der Waals surface area (Å²) in [7, 11) is -0.504. The van der Waals surface area contributed by atoms with Crippen molar-refractivity contribution in [3.05, 3.63) is 89.1 Å². The Morgan fingerprint density at radius 2 is 1.80 bits per heavy atom. The number of amides is 2. The molecule has 1 unspecified atom stereocenters. The van der Waals surface area contributed by atoms with Crippen LogP contribution in [0.4, 0.5) is 14.5 Å². The minimum absolute atomic E-state index is 0.167. The van der Waals surface area contributed by atoms with Gasteiger partial charge in [-0.1, -0.05) is 6.07 Å². The van der Waals surface area contributed by atoms with Gasteiger partial charge in [0.25, 0.3) is 11.8 Å². The molecule has 228 valence electrons. The number of halogens is 2. The molecule has 1 saturated heterocycles. The summed E-state index contributed by atoms with van der Waals surface area (Å²) in [5.74, 6) is -1.79. The number of carbonyl (C=O) groups excluding carboxylic acids is 2. The molecule has 0 radical (unpaired) electrons. The summed E-state index contributed by atoms with van der Waals surface area (Å²) in [4.78, 5) is 28.4. The van der Waals surface area contributed by atoms with E-state index < -0.39 is 27.6 Å². The van der Waals surface area contributed by atoms with Gasteiger partial charge in [-0.15, -0.1) is 0 Å². The number of sulfonamides is 1. The van der Waals surface area contributed by atoms with E-state index in [4.69, 9.17) is 4.42 Å². The highest BCUT2D eigenvalue weighted by Gasteiger charge is 2.33. The van der Waals surface area contributed by atoms with Crippen molar-refractivity contribution in [3.63, 3.8) is 0 Å². The largest absolute Gasteiger partial charge is 0.455 e. The number of aromatic nitrogens is 1.